The molecule has 0 saturated carbocycles. The molecule has 2 rings (SSSR count). The number of nitrogens with zero attached hydrogens (tertiary/aromatic N) is 3. The van der Waals surface area contributed by atoms with Crippen molar-refractivity contribution in [1.29, 1.82) is 0 Å². The Morgan fingerprint density at radius 2 is 2.27 bits per heavy atom. The maximum absolute atomic E-state index is 4.15. The summed E-state index contributed by atoms with van der Waals surface area (Å²) in [5, 5.41) is 11.7. The molecule has 2 aromatic heterocycles. The monoisotopic (exact) mass is 204 g/mol. The average Bonchev–Trinajstić information content (AvgIpc) is 2.69. The second-order valence-corrected chi connectivity index (χ2v) is 3.74. The predicted octanol–water partition coefficient (Wildman–Crippen LogP) is 1.62. The van der Waals surface area contributed by atoms with Crippen LogP contribution in [0.4, 0.5) is 0 Å². The van der Waals surface area contributed by atoms with Crippen LogP contribution in [0.1, 0.15) is 26.1 Å². The first kappa shape index (κ1) is 10.1. The number of fused-ring (bicyclic) bond motifs is 1. The molecule has 4 heteroatoms. The van der Waals surface area contributed by atoms with Gasteiger partial charge >= 0.3 is 0 Å². The van der Waals surface area contributed by atoms with E-state index >= 15 is 0 Å². The molecule has 0 spiro atoms. The van der Waals surface area contributed by atoms with Crippen LogP contribution in [0.25, 0.3) is 5.65 Å². The zero-order valence-electron chi connectivity index (χ0n) is 9.14. The van der Waals surface area contributed by atoms with Crippen LogP contribution in [0, 0.1) is 0 Å². The van der Waals surface area contributed by atoms with E-state index in [1.165, 1.54) is 0 Å². The molecule has 0 aromatic carbocycles. The molecule has 2 heterocycles. The molecule has 0 bridgehead atoms. The van der Waals surface area contributed by atoms with Gasteiger partial charge in [-0.15, -0.1) is 10.2 Å². The molecule has 1 atom stereocenters. The largest absolute Gasteiger partial charge is 0.307 e. The quantitative estimate of drug-likeness (QED) is 0.822. The SMILES string of the molecule is CC[C@H](C)NCc1nnc2ccccn12. The Morgan fingerprint density at radius 1 is 1.40 bits per heavy atom. The van der Waals surface area contributed by atoms with Crippen molar-refractivity contribution < 1.29 is 0 Å². The second-order valence-electron chi connectivity index (χ2n) is 3.74. The van der Waals surface area contributed by atoms with Gasteiger partial charge in [0.2, 0.25) is 0 Å². The minimum absolute atomic E-state index is 0.515. The number of hydrogen-bond acceptors (Lipinski definition) is 3. The van der Waals surface area contributed by atoms with Crippen LogP contribution in [0.2, 0.25) is 0 Å². The first-order chi connectivity index (χ1) is 7.31. The second kappa shape index (κ2) is 4.40. The van der Waals surface area contributed by atoms with E-state index in [4.69, 9.17) is 0 Å². The number of aromatic nitrogens is 3. The maximum Gasteiger partial charge on any atom is 0.160 e. The fraction of sp³-hybridized carbons (Fsp3) is 0.455. The summed E-state index contributed by atoms with van der Waals surface area (Å²) in [4.78, 5) is 0. The molecule has 0 saturated heterocycles. The van der Waals surface area contributed by atoms with Gasteiger partial charge in [0.1, 0.15) is 0 Å². The zero-order valence-corrected chi connectivity index (χ0v) is 9.14. The van der Waals surface area contributed by atoms with Gasteiger partial charge in [0, 0.05) is 12.2 Å². The molecule has 15 heavy (non-hydrogen) atoms. The van der Waals surface area contributed by atoms with Crippen molar-refractivity contribution in [3.05, 3.63) is 30.2 Å². The number of pyridine rings is 1. The molecule has 0 fully saturated rings. The van der Waals surface area contributed by atoms with Crippen molar-refractivity contribution in [1.82, 2.24) is 19.9 Å². The normalized spacial score (nSPS) is 13.2. The van der Waals surface area contributed by atoms with E-state index in [1.807, 2.05) is 28.8 Å². The Balaban J connectivity index is 2.14. The summed E-state index contributed by atoms with van der Waals surface area (Å²) >= 11 is 0. The first-order valence-corrected chi connectivity index (χ1v) is 5.33. The number of rotatable bonds is 4. The van der Waals surface area contributed by atoms with Crippen molar-refractivity contribution >= 4 is 5.65 Å². The van der Waals surface area contributed by atoms with Gasteiger partial charge in [-0.25, -0.2) is 0 Å². The molecule has 1 N–H and O–H groups in total. The summed E-state index contributed by atoms with van der Waals surface area (Å²) in [5.41, 5.74) is 0.901. The lowest BCUT2D eigenvalue weighted by Crippen LogP contribution is -2.25. The van der Waals surface area contributed by atoms with Gasteiger partial charge in [-0.1, -0.05) is 13.0 Å². The highest BCUT2D eigenvalue weighted by molar-refractivity contribution is 5.36. The van der Waals surface area contributed by atoms with E-state index < -0.39 is 0 Å². The van der Waals surface area contributed by atoms with Crippen LogP contribution in [-0.4, -0.2) is 20.6 Å². The average molecular weight is 204 g/mol. The lowest BCUT2D eigenvalue weighted by Gasteiger charge is -2.09. The molecule has 0 aliphatic heterocycles. The Kier molecular flexibility index (Phi) is 2.97. The third-order valence-corrected chi connectivity index (χ3v) is 2.61. The highest BCUT2D eigenvalue weighted by Gasteiger charge is 2.05. The van der Waals surface area contributed by atoms with Crippen LogP contribution < -0.4 is 5.32 Å². The smallest absolute Gasteiger partial charge is 0.160 e. The van der Waals surface area contributed by atoms with Crippen molar-refractivity contribution in [2.75, 3.05) is 0 Å². The lowest BCUT2D eigenvalue weighted by atomic mass is 10.2. The van der Waals surface area contributed by atoms with Crippen LogP contribution in [0.15, 0.2) is 24.4 Å². The first-order valence-electron chi connectivity index (χ1n) is 5.33. The summed E-state index contributed by atoms with van der Waals surface area (Å²) in [6.45, 7) is 5.10. The van der Waals surface area contributed by atoms with Gasteiger partial charge in [0.15, 0.2) is 11.5 Å². The summed E-state index contributed by atoms with van der Waals surface area (Å²) in [7, 11) is 0. The topological polar surface area (TPSA) is 42.2 Å². The summed E-state index contributed by atoms with van der Waals surface area (Å²) in [5.74, 6) is 0.964. The maximum atomic E-state index is 4.15. The summed E-state index contributed by atoms with van der Waals surface area (Å²) in [6, 6.07) is 6.43. The molecule has 0 aliphatic rings. The van der Waals surface area contributed by atoms with Crippen LogP contribution in [0.3, 0.4) is 0 Å². The molecule has 0 aliphatic carbocycles. The van der Waals surface area contributed by atoms with Gasteiger partial charge < -0.3 is 5.32 Å². The standard InChI is InChI=1S/C11H16N4/c1-3-9(2)12-8-11-14-13-10-6-4-5-7-15(10)11/h4-7,9,12H,3,8H2,1-2H3/t9-/m0/s1. The molecule has 2 aromatic rings. The van der Waals surface area contributed by atoms with Crippen molar-refractivity contribution in [2.24, 2.45) is 0 Å². The molecule has 80 valence electrons. The van der Waals surface area contributed by atoms with Gasteiger partial charge in [-0.2, -0.15) is 0 Å². The van der Waals surface area contributed by atoms with Crippen molar-refractivity contribution in [3.8, 4) is 0 Å². The van der Waals surface area contributed by atoms with Gasteiger partial charge in [0.25, 0.3) is 0 Å². The Labute approximate surface area is 89.3 Å². The van der Waals surface area contributed by atoms with E-state index in [-0.39, 0.29) is 0 Å². The molecule has 0 radical (unpaired) electrons. The number of hydrogen-bond donors (Lipinski definition) is 1. The Bertz CT molecular complexity index is 435. The summed E-state index contributed by atoms with van der Waals surface area (Å²) < 4.78 is 2.01. The third kappa shape index (κ3) is 2.15. The van der Waals surface area contributed by atoms with E-state index in [0.29, 0.717) is 6.04 Å². The van der Waals surface area contributed by atoms with Crippen molar-refractivity contribution in [3.63, 3.8) is 0 Å². The lowest BCUT2D eigenvalue weighted by molar-refractivity contribution is 0.521. The van der Waals surface area contributed by atoms with E-state index in [9.17, 15) is 0 Å². The van der Waals surface area contributed by atoms with Crippen molar-refractivity contribution in [2.45, 2.75) is 32.9 Å². The highest BCUT2D eigenvalue weighted by atomic mass is 15.3. The highest BCUT2D eigenvalue weighted by Crippen LogP contribution is 2.02. The van der Waals surface area contributed by atoms with E-state index in [1.54, 1.807) is 0 Å². The summed E-state index contributed by atoms with van der Waals surface area (Å²) in [6.07, 6.45) is 3.11. The molecular weight excluding hydrogens is 188 g/mol. The molecule has 0 amide bonds. The Morgan fingerprint density at radius 3 is 3.07 bits per heavy atom. The van der Waals surface area contributed by atoms with E-state index in [0.717, 1.165) is 24.4 Å². The fourth-order valence-corrected chi connectivity index (χ4v) is 1.42. The predicted molar refractivity (Wildman–Crippen MR) is 59.6 cm³/mol. The van der Waals surface area contributed by atoms with E-state index in [2.05, 4.69) is 29.4 Å². The zero-order chi connectivity index (χ0) is 10.7. The van der Waals surface area contributed by atoms with Crippen LogP contribution in [0.5, 0.6) is 0 Å². The fourth-order valence-electron chi connectivity index (χ4n) is 1.42. The Hall–Kier alpha value is -1.42. The molecule has 4 nitrogen and oxygen atoms in total. The van der Waals surface area contributed by atoms with Crippen LogP contribution >= 0.6 is 0 Å². The minimum atomic E-state index is 0.515. The molecule has 0 unspecified atom stereocenters. The minimum Gasteiger partial charge on any atom is -0.307 e. The van der Waals surface area contributed by atoms with Gasteiger partial charge in [-0.3, -0.25) is 4.40 Å². The number of nitrogens with one attached hydrogen (secondary N) is 1. The third-order valence-electron chi connectivity index (χ3n) is 2.61. The molecular formula is C11H16N4. The van der Waals surface area contributed by atoms with Gasteiger partial charge in [-0.05, 0) is 25.5 Å². The van der Waals surface area contributed by atoms with Crippen LogP contribution in [-0.2, 0) is 6.54 Å². The van der Waals surface area contributed by atoms with Gasteiger partial charge in [0.05, 0.1) is 6.54 Å².